The van der Waals surface area contributed by atoms with Gasteiger partial charge in [-0.05, 0) is 28.1 Å². The predicted molar refractivity (Wildman–Crippen MR) is 60.7 cm³/mol. The Bertz CT molecular complexity index is 462. The van der Waals surface area contributed by atoms with Gasteiger partial charge >= 0.3 is 0 Å². The molecule has 1 aromatic heterocycles. The first-order valence-corrected chi connectivity index (χ1v) is 5.21. The van der Waals surface area contributed by atoms with Crippen LogP contribution in [0.25, 0.3) is 11.4 Å². The molecule has 0 aliphatic heterocycles. The number of rotatable bonds is 2. The highest BCUT2D eigenvalue weighted by atomic mass is 79.9. The van der Waals surface area contributed by atoms with Crippen LogP contribution in [-0.2, 0) is 7.05 Å². The number of halogens is 1. The summed E-state index contributed by atoms with van der Waals surface area (Å²) in [6, 6.07) is 7.67. The van der Waals surface area contributed by atoms with Crippen LogP contribution in [0.4, 0.5) is 0 Å². The highest BCUT2D eigenvalue weighted by Gasteiger charge is 2.11. The van der Waals surface area contributed by atoms with Crippen molar-refractivity contribution in [2.75, 3.05) is 7.11 Å². The minimum absolute atomic E-state index is 0.654. The van der Waals surface area contributed by atoms with E-state index in [9.17, 15) is 0 Å². The lowest BCUT2D eigenvalue weighted by Gasteiger charge is -2.03. The van der Waals surface area contributed by atoms with Gasteiger partial charge in [-0.2, -0.15) is 5.10 Å². The molecule has 0 unspecified atom stereocenters. The summed E-state index contributed by atoms with van der Waals surface area (Å²) < 4.78 is 7.61. The van der Waals surface area contributed by atoms with Gasteiger partial charge in [-0.3, -0.25) is 0 Å². The third-order valence-electron chi connectivity index (χ3n) is 2.06. The normalized spacial score (nSPS) is 10.3. The maximum atomic E-state index is 5.24. The van der Waals surface area contributed by atoms with Crippen LogP contribution in [0.15, 0.2) is 29.0 Å². The number of aryl methyl sites for hydroxylation is 1. The molecule has 1 aromatic carbocycles. The minimum Gasteiger partial charge on any atom is -0.496 e. The van der Waals surface area contributed by atoms with Crippen LogP contribution in [0.3, 0.4) is 0 Å². The molecule has 0 saturated carbocycles. The van der Waals surface area contributed by atoms with E-state index in [-0.39, 0.29) is 0 Å². The monoisotopic (exact) mass is 267 g/mol. The van der Waals surface area contributed by atoms with E-state index in [1.165, 1.54) is 0 Å². The third kappa shape index (κ3) is 1.87. The summed E-state index contributed by atoms with van der Waals surface area (Å²) in [5.41, 5.74) is 0.890. The number of aromatic nitrogens is 3. The molecule has 0 aliphatic rings. The molecule has 0 N–H and O–H groups in total. The molecule has 0 fully saturated rings. The number of methoxy groups -OCH3 is 1. The van der Waals surface area contributed by atoms with Crippen LogP contribution in [0.5, 0.6) is 5.75 Å². The van der Waals surface area contributed by atoms with Crippen molar-refractivity contribution in [2.45, 2.75) is 0 Å². The zero-order valence-electron chi connectivity index (χ0n) is 8.44. The molecule has 0 saturated heterocycles. The summed E-state index contributed by atoms with van der Waals surface area (Å²) in [7, 11) is 3.47. The average molecular weight is 268 g/mol. The number of hydrogen-bond acceptors (Lipinski definition) is 3. The molecule has 78 valence electrons. The van der Waals surface area contributed by atoms with Crippen molar-refractivity contribution < 1.29 is 4.74 Å². The number of benzene rings is 1. The Hall–Kier alpha value is -1.36. The number of nitrogens with zero attached hydrogens (tertiary/aromatic N) is 3. The second-order valence-electron chi connectivity index (χ2n) is 3.03. The van der Waals surface area contributed by atoms with Crippen LogP contribution in [-0.4, -0.2) is 21.9 Å². The fraction of sp³-hybridized carbons (Fsp3) is 0.200. The van der Waals surface area contributed by atoms with Crippen molar-refractivity contribution >= 4 is 15.9 Å². The van der Waals surface area contributed by atoms with E-state index in [4.69, 9.17) is 4.74 Å². The van der Waals surface area contributed by atoms with Gasteiger partial charge in [-0.15, -0.1) is 0 Å². The standard InChI is InChI=1S/C10H10BrN3O/c1-14-10(11)12-9(13-14)7-5-3-4-6-8(7)15-2/h3-6H,1-2H3. The van der Waals surface area contributed by atoms with Crippen LogP contribution < -0.4 is 4.74 Å². The Morgan fingerprint density at radius 1 is 1.33 bits per heavy atom. The van der Waals surface area contributed by atoms with Crippen molar-refractivity contribution in [3.63, 3.8) is 0 Å². The summed E-state index contributed by atoms with van der Waals surface area (Å²) in [5.74, 6) is 1.43. The third-order valence-corrected chi connectivity index (χ3v) is 2.75. The Morgan fingerprint density at radius 3 is 2.67 bits per heavy atom. The largest absolute Gasteiger partial charge is 0.496 e. The van der Waals surface area contributed by atoms with Gasteiger partial charge < -0.3 is 4.74 Å². The first-order chi connectivity index (χ1) is 7.22. The molecule has 1 heterocycles. The van der Waals surface area contributed by atoms with Gasteiger partial charge in [0.15, 0.2) is 10.6 Å². The fourth-order valence-corrected chi connectivity index (χ4v) is 1.56. The first kappa shape index (κ1) is 10.2. The maximum absolute atomic E-state index is 5.24. The molecule has 0 atom stereocenters. The van der Waals surface area contributed by atoms with E-state index >= 15 is 0 Å². The first-order valence-electron chi connectivity index (χ1n) is 4.42. The Balaban J connectivity index is 2.53. The van der Waals surface area contributed by atoms with Gasteiger partial charge in [-0.1, -0.05) is 12.1 Å². The van der Waals surface area contributed by atoms with Crippen LogP contribution in [0, 0.1) is 0 Å². The number of ether oxygens (including phenoxy) is 1. The van der Waals surface area contributed by atoms with E-state index in [1.54, 1.807) is 11.8 Å². The molecule has 0 radical (unpaired) electrons. The van der Waals surface area contributed by atoms with Crippen LogP contribution in [0.2, 0.25) is 0 Å². The number of para-hydroxylation sites is 1. The lowest BCUT2D eigenvalue weighted by Crippen LogP contribution is -1.91. The Morgan fingerprint density at radius 2 is 2.07 bits per heavy atom. The zero-order valence-corrected chi connectivity index (χ0v) is 10.0. The fourth-order valence-electron chi connectivity index (χ4n) is 1.31. The molecule has 0 aliphatic carbocycles. The highest BCUT2D eigenvalue weighted by molar-refractivity contribution is 9.10. The summed E-state index contributed by atoms with van der Waals surface area (Å²) in [4.78, 5) is 4.28. The van der Waals surface area contributed by atoms with E-state index in [2.05, 4.69) is 26.0 Å². The summed E-state index contributed by atoms with van der Waals surface area (Å²) in [6.45, 7) is 0. The van der Waals surface area contributed by atoms with Crippen LogP contribution >= 0.6 is 15.9 Å². The van der Waals surface area contributed by atoms with Crippen molar-refractivity contribution in [3.8, 4) is 17.1 Å². The molecule has 0 spiro atoms. The molecule has 4 nitrogen and oxygen atoms in total. The molecular weight excluding hydrogens is 258 g/mol. The van der Waals surface area contributed by atoms with Gasteiger partial charge in [0.1, 0.15) is 5.75 Å². The Kier molecular flexibility index (Phi) is 2.73. The molecular formula is C10H10BrN3O. The van der Waals surface area contributed by atoms with Crippen LogP contribution in [0.1, 0.15) is 0 Å². The SMILES string of the molecule is COc1ccccc1-c1nc(Br)n(C)n1. The molecule has 5 heteroatoms. The van der Waals surface area contributed by atoms with Gasteiger partial charge in [0.2, 0.25) is 0 Å². The van der Waals surface area contributed by atoms with Gasteiger partial charge in [-0.25, -0.2) is 9.67 Å². The van der Waals surface area contributed by atoms with Gasteiger partial charge in [0.05, 0.1) is 12.7 Å². The molecule has 0 amide bonds. The summed E-state index contributed by atoms with van der Waals surface area (Å²) >= 11 is 3.31. The maximum Gasteiger partial charge on any atom is 0.195 e. The van der Waals surface area contributed by atoms with Crippen molar-refractivity contribution in [3.05, 3.63) is 29.0 Å². The second kappa shape index (κ2) is 4.02. The average Bonchev–Trinajstić information content (AvgIpc) is 2.59. The van der Waals surface area contributed by atoms with Crippen molar-refractivity contribution in [1.29, 1.82) is 0 Å². The molecule has 0 bridgehead atoms. The zero-order chi connectivity index (χ0) is 10.8. The molecule has 2 aromatic rings. The molecule has 2 rings (SSSR count). The van der Waals surface area contributed by atoms with E-state index in [0.29, 0.717) is 10.6 Å². The van der Waals surface area contributed by atoms with Gasteiger partial charge in [0.25, 0.3) is 0 Å². The van der Waals surface area contributed by atoms with E-state index < -0.39 is 0 Å². The molecule has 15 heavy (non-hydrogen) atoms. The topological polar surface area (TPSA) is 39.9 Å². The van der Waals surface area contributed by atoms with Gasteiger partial charge in [0, 0.05) is 7.05 Å². The quantitative estimate of drug-likeness (QED) is 0.838. The van der Waals surface area contributed by atoms with Crippen molar-refractivity contribution in [1.82, 2.24) is 14.8 Å². The summed E-state index contributed by atoms with van der Waals surface area (Å²) in [6.07, 6.45) is 0. The smallest absolute Gasteiger partial charge is 0.195 e. The van der Waals surface area contributed by atoms with E-state index in [0.717, 1.165) is 11.3 Å². The predicted octanol–water partition coefficient (Wildman–Crippen LogP) is 2.25. The van der Waals surface area contributed by atoms with E-state index in [1.807, 2.05) is 31.3 Å². The number of hydrogen-bond donors (Lipinski definition) is 0. The Labute approximate surface area is 96.0 Å². The second-order valence-corrected chi connectivity index (χ2v) is 3.74. The lowest BCUT2D eigenvalue weighted by molar-refractivity contribution is 0.416. The van der Waals surface area contributed by atoms with Crippen molar-refractivity contribution in [2.24, 2.45) is 7.05 Å². The summed E-state index contributed by atoms with van der Waals surface area (Å²) in [5, 5.41) is 4.27. The lowest BCUT2D eigenvalue weighted by atomic mass is 10.2. The highest BCUT2D eigenvalue weighted by Crippen LogP contribution is 2.27. The minimum atomic E-state index is 0.654.